The molecule has 1 N–H and O–H groups in total. The normalized spacial score (nSPS) is 27.3. The first-order valence-corrected chi connectivity index (χ1v) is 12.6. The number of piperidine rings is 1. The molecule has 2 aliphatic heterocycles. The van der Waals surface area contributed by atoms with Crippen LogP contribution in [0.4, 0.5) is 37.1 Å². The van der Waals surface area contributed by atoms with E-state index in [2.05, 4.69) is 15.4 Å². The molecule has 5 atom stereocenters. The lowest BCUT2D eigenvalue weighted by molar-refractivity contribution is -0.175. The number of hydrogen-bond acceptors (Lipinski definition) is 5. The van der Waals surface area contributed by atoms with Gasteiger partial charge in [0.05, 0.1) is 0 Å². The second-order valence-corrected chi connectivity index (χ2v) is 11.3. The topological polar surface area (TPSA) is 72.3 Å². The van der Waals surface area contributed by atoms with E-state index in [0.29, 0.717) is 13.1 Å². The van der Waals surface area contributed by atoms with Crippen molar-refractivity contribution in [2.45, 2.75) is 76.2 Å². The molecule has 3 unspecified atom stereocenters. The molecule has 5 rings (SSSR count). The molecule has 1 saturated heterocycles. The van der Waals surface area contributed by atoms with Gasteiger partial charge in [-0.2, -0.15) is 18.2 Å². The van der Waals surface area contributed by atoms with Gasteiger partial charge in [0, 0.05) is 30.6 Å². The summed E-state index contributed by atoms with van der Waals surface area (Å²) in [6.07, 6.45) is -4.00. The summed E-state index contributed by atoms with van der Waals surface area (Å²) in [5.74, 6) is -5.72. The van der Waals surface area contributed by atoms with E-state index < -0.39 is 53.7 Å². The fourth-order valence-electron chi connectivity index (χ4n) is 5.93. The molecule has 3 aliphatic rings. The van der Waals surface area contributed by atoms with Gasteiger partial charge in [-0.25, -0.2) is 22.6 Å². The van der Waals surface area contributed by atoms with E-state index in [1.54, 1.807) is 25.7 Å². The monoisotopic (exact) mass is 545 g/mol. The van der Waals surface area contributed by atoms with Gasteiger partial charge in [0.2, 0.25) is 5.95 Å². The number of carbonyl (C=O) groups is 1. The number of amides is 1. The number of benzene rings is 1. The molecule has 0 spiro atoms. The van der Waals surface area contributed by atoms with E-state index in [1.165, 1.54) is 0 Å². The maximum Gasteiger partial charge on any atom is 0.410 e. The first-order chi connectivity index (χ1) is 17.7. The summed E-state index contributed by atoms with van der Waals surface area (Å²) in [6.45, 7) is 6.20. The fourth-order valence-corrected chi connectivity index (χ4v) is 5.93. The van der Waals surface area contributed by atoms with Gasteiger partial charge >= 0.3 is 12.3 Å². The van der Waals surface area contributed by atoms with E-state index in [-0.39, 0.29) is 41.6 Å². The summed E-state index contributed by atoms with van der Waals surface area (Å²) in [4.78, 5) is 18.5. The van der Waals surface area contributed by atoms with Crippen molar-refractivity contribution in [3.05, 3.63) is 41.0 Å². The quantitative estimate of drug-likeness (QED) is 0.391. The smallest absolute Gasteiger partial charge is 0.410 e. The van der Waals surface area contributed by atoms with Crippen molar-refractivity contribution >= 4 is 12.0 Å². The number of likely N-dealkylation sites (tertiary alicyclic amines) is 1. The molecule has 2 fully saturated rings. The van der Waals surface area contributed by atoms with Crippen LogP contribution in [0.15, 0.2) is 12.1 Å². The Morgan fingerprint density at radius 2 is 1.66 bits per heavy atom. The van der Waals surface area contributed by atoms with Gasteiger partial charge in [-0.3, -0.25) is 0 Å². The minimum Gasteiger partial charge on any atom is -0.444 e. The number of fused-ring (bicyclic) bond motifs is 3. The second kappa shape index (κ2) is 9.33. The standard InChI is InChI=1S/C25H29F6N5O2/c1-24(2,3)38-23(37)35-10-12-4-5-13(11-35)20(12)32-22-33-21-15(14-6-8-16(26)19(28)18(14)27)7-9-17(25(29,30)31)36(21)34-22/h6,8,12-13,15,17,20H,4-5,7,9-11H2,1-3H3,(H,32,34)/t12-,13+,15?,17?,20?. The Kier molecular flexibility index (Phi) is 6.54. The Morgan fingerprint density at radius 3 is 2.26 bits per heavy atom. The number of carbonyl (C=O) groups excluding carboxylic acids is 1. The number of nitrogens with zero attached hydrogens (tertiary/aromatic N) is 4. The molecule has 13 heteroatoms. The van der Waals surface area contributed by atoms with E-state index in [9.17, 15) is 31.1 Å². The zero-order valence-corrected chi connectivity index (χ0v) is 21.2. The van der Waals surface area contributed by atoms with Crippen molar-refractivity contribution in [3.8, 4) is 0 Å². The Morgan fingerprint density at radius 1 is 1.00 bits per heavy atom. The number of halogens is 6. The molecule has 7 nitrogen and oxygen atoms in total. The van der Waals surface area contributed by atoms with E-state index >= 15 is 0 Å². The number of nitrogens with one attached hydrogen (secondary N) is 1. The highest BCUT2D eigenvalue weighted by molar-refractivity contribution is 5.68. The van der Waals surface area contributed by atoms with Crippen LogP contribution in [0.1, 0.15) is 69.8 Å². The SMILES string of the molecule is CC(C)(C)OC(=O)N1C[C@H]2CC[C@@H](C1)C2Nc1nc2n(n1)C(C(F)(F)F)CCC2c1ccc(F)c(F)c1F. The zero-order chi connectivity index (χ0) is 27.6. The van der Waals surface area contributed by atoms with Crippen molar-refractivity contribution in [3.63, 3.8) is 0 Å². The average molecular weight is 546 g/mol. The number of rotatable bonds is 3. The summed E-state index contributed by atoms with van der Waals surface area (Å²) in [7, 11) is 0. The van der Waals surface area contributed by atoms with Gasteiger partial charge in [0.1, 0.15) is 17.5 Å². The van der Waals surface area contributed by atoms with Gasteiger partial charge in [-0.1, -0.05) is 6.07 Å². The predicted molar refractivity (Wildman–Crippen MR) is 124 cm³/mol. The summed E-state index contributed by atoms with van der Waals surface area (Å²) in [6, 6.07) is -0.373. The van der Waals surface area contributed by atoms with Crippen molar-refractivity contribution in [1.82, 2.24) is 19.7 Å². The molecule has 2 bridgehead atoms. The molecule has 1 amide bonds. The molecule has 1 aliphatic carbocycles. The molecule has 208 valence electrons. The Balaban J connectivity index is 1.41. The molecule has 38 heavy (non-hydrogen) atoms. The van der Waals surface area contributed by atoms with Crippen LogP contribution in [0.2, 0.25) is 0 Å². The third-order valence-electron chi connectivity index (χ3n) is 7.59. The average Bonchev–Trinajstić information content (AvgIpc) is 3.31. The highest BCUT2D eigenvalue weighted by Crippen LogP contribution is 2.45. The van der Waals surface area contributed by atoms with Gasteiger partial charge in [0.15, 0.2) is 17.5 Å². The van der Waals surface area contributed by atoms with Gasteiger partial charge in [-0.05, 0) is 64.4 Å². The third kappa shape index (κ3) is 4.91. The Labute approximate surface area is 215 Å². The van der Waals surface area contributed by atoms with Crippen LogP contribution in [0, 0.1) is 29.3 Å². The van der Waals surface area contributed by atoms with Crippen LogP contribution in [-0.2, 0) is 4.74 Å². The van der Waals surface area contributed by atoms with Crippen molar-refractivity contribution < 1.29 is 35.9 Å². The third-order valence-corrected chi connectivity index (χ3v) is 7.59. The number of alkyl halides is 3. The predicted octanol–water partition coefficient (Wildman–Crippen LogP) is 5.78. The van der Waals surface area contributed by atoms with Crippen LogP contribution in [0.5, 0.6) is 0 Å². The fraction of sp³-hybridized carbons (Fsp3) is 0.640. The lowest BCUT2D eigenvalue weighted by atomic mass is 9.88. The van der Waals surface area contributed by atoms with Crippen LogP contribution in [-0.4, -0.2) is 56.7 Å². The molecule has 1 aromatic heterocycles. The minimum absolute atomic E-state index is 0.0136. The molecule has 1 saturated carbocycles. The van der Waals surface area contributed by atoms with E-state index in [1.807, 2.05) is 0 Å². The first-order valence-electron chi connectivity index (χ1n) is 12.6. The highest BCUT2D eigenvalue weighted by Gasteiger charge is 2.48. The van der Waals surface area contributed by atoms with E-state index in [0.717, 1.165) is 29.7 Å². The molecular formula is C25H29F6N5O2. The minimum atomic E-state index is -4.63. The first kappa shape index (κ1) is 26.6. The van der Waals surface area contributed by atoms with Gasteiger partial charge < -0.3 is 15.0 Å². The summed E-state index contributed by atoms with van der Waals surface area (Å²) in [5, 5.41) is 7.29. The van der Waals surface area contributed by atoms with Crippen molar-refractivity contribution in [2.24, 2.45) is 11.8 Å². The van der Waals surface area contributed by atoms with Gasteiger partial charge in [-0.15, -0.1) is 5.10 Å². The van der Waals surface area contributed by atoms with Crippen molar-refractivity contribution in [1.29, 1.82) is 0 Å². The second-order valence-electron chi connectivity index (χ2n) is 11.3. The van der Waals surface area contributed by atoms with Crippen LogP contribution in [0.25, 0.3) is 0 Å². The largest absolute Gasteiger partial charge is 0.444 e. The highest BCUT2D eigenvalue weighted by atomic mass is 19.4. The lowest BCUT2D eigenvalue weighted by Crippen LogP contribution is -2.51. The molecule has 1 aromatic carbocycles. The van der Waals surface area contributed by atoms with E-state index in [4.69, 9.17) is 4.74 Å². The van der Waals surface area contributed by atoms with Crippen LogP contribution in [0.3, 0.4) is 0 Å². The summed E-state index contributed by atoms with van der Waals surface area (Å²) >= 11 is 0. The molecule has 3 heterocycles. The van der Waals surface area contributed by atoms with Gasteiger partial charge in [0.25, 0.3) is 0 Å². The lowest BCUT2D eigenvalue weighted by Gasteiger charge is -2.38. The van der Waals surface area contributed by atoms with Crippen molar-refractivity contribution in [2.75, 3.05) is 18.4 Å². The molecule has 0 radical (unpaired) electrons. The number of anilines is 1. The molecule has 2 aromatic rings. The maximum atomic E-state index is 14.6. The number of hydrogen-bond donors (Lipinski definition) is 1. The summed E-state index contributed by atoms with van der Waals surface area (Å²) < 4.78 is 89.8. The van der Waals surface area contributed by atoms with Crippen LogP contribution >= 0.6 is 0 Å². The number of aromatic nitrogens is 3. The number of ether oxygens (including phenoxy) is 1. The van der Waals surface area contributed by atoms with Crippen LogP contribution < -0.4 is 5.32 Å². The maximum absolute atomic E-state index is 14.6. The Bertz CT molecular complexity index is 1210. The zero-order valence-electron chi connectivity index (χ0n) is 21.2. The summed E-state index contributed by atoms with van der Waals surface area (Å²) in [5.41, 5.74) is -0.904. The molecular weight excluding hydrogens is 516 g/mol. The Hall–Kier alpha value is -2.99.